The molecule has 2 amide bonds. The second-order valence-corrected chi connectivity index (χ2v) is 5.66. The molecule has 1 aliphatic rings. The largest absolute Gasteiger partial charge is 0.317 e. The molecule has 0 aliphatic carbocycles. The van der Waals surface area contributed by atoms with E-state index < -0.39 is 6.04 Å². The van der Waals surface area contributed by atoms with Gasteiger partial charge in [0.2, 0.25) is 5.91 Å². The molecular weight excluding hydrogens is 290 g/mol. The summed E-state index contributed by atoms with van der Waals surface area (Å²) in [6.07, 6.45) is 1.83. The molecule has 1 aliphatic heterocycles. The monoisotopic (exact) mass is 305 g/mol. The third kappa shape index (κ3) is 2.30. The number of carbonyl (C=O) groups excluding carboxylic acids is 2. The van der Waals surface area contributed by atoms with Crippen molar-refractivity contribution in [3.05, 3.63) is 66.5 Å². The standard InChI is InChI=1S/C18H15N3O2/c22-17-10-16(21-12-19-14-8-4-5-9-15(14)21)18(23)20(17)11-13-6-2-1-3-7-13/h1-9,12,16H,10-11H2/t16-/m1/s1. The lowest BCUT2D eigenvalue weighted by atomic mass is 10.2. The number of imide groups is 1. The van der Waals surface area contributed by atoms with E-state index in [4.69, 9.17) is 0 Å². The molecule has 114 valence electrons. The number of nitrogens with zero attached hydrogens (tertiary/aromatic N) is 3. The molecule has 0 bridgehead atoms. The summed E-state index contributed by atoms with van der Waals surface area (Å²) in [6.45, 7) is 0.321. The van der Waals surface area contributed by atoms with Crippen LogP contribution in [0.15, 0.2) is 60.9 Å². The number of benzene rings is 2. The summed E-state index contributed by atoms with van der Waals surface area (Å²) in [5.41, 5.74) is 2.65. The molecule has 4 rings (SSSR count). The van der Waals surface area contributed by atoms with E-state index in [-0.39, 0.29) is 18.2 Å². The van der Waals surface area contributed by atoms with E-state index in [1.165, 1.54) is 4.90 Å². The minimum absolute atomic E-state index is 0.137. The first kappa shape index (κ1) is 13.7. The Bertz CT molecular complexity index is 885. The number of aromatic nitrogens is 2. The van der Waals surface area contributed by atoms with Gasteiger partial charge in [-0.3, -0.25) is 14.5 Å². The Labute approximate surface area is 133 Å². The molecule has 23 heavy (non-hydrogen) atoms. The molecule has 2 aromatic carbocycles. The zero-order valence-electron chi connectivity index (χ0n) is 12.4. The molecular formula is C18H15N3O2. The van der Waals surface area contributed by atoms with Crippen molar-refractivity contribution in [3.8, 4) is 0 Å². The molecule has 0 N–H and O–H groups in total. The van der Waals surface area contributed by atoms with Crippen LogP contribution in [0.2, 0.25) is 0 Å². The summed E-state index contributed by atoms with van der Waals surface area (Å²) in [7, 11) is 0. The molecule has 2 heterocycles. The molecule has 1 atom stereocenters. The minimum atomic E-state index is -0.501. The number of hydrogen-bond acceptors (Lipinski definition) is 3. The van der Waals surface area contributed by atoms with Gasteiger partial charge < -0.3 is 4.57 Å². The van der Waals surface area contributed by atoms with Gasteiger partial charge in [-0.25, -0.2) is 4.98 Å². The SMILES string of the molecule is O=C1C[C@@H](n2cnc3ccccc32)C(=O)N1Cc1ccccc1. The van der Waals surface area contributed by atoms with E-state index >= 15 is 0 Å². The van der Waals surface area contributed by atoms with Gasteiger partial charge in [0, 0.05) is 0 Å². The molecule has 0 radical (unpaired) electrons. The topological polar surface area (TPSA) is 55.2 Å². The van der Waals surface area contributed by atoms with Gasteiger partial charge in [0.25, 0.3) is 5.91 Å². The first-order valence-electron chi connectivity index (χ1n) is 7.54. The number of hydrogen-bond donors (Lipinski definition) is 0. The van der Waals surface area contributed by atoms with Crippen LogP contribution in [-0.2, 0) is 16.1 Å². The summed E-state index contributed by atoms with van der Waals surface area (Å²) in [4.78, 5) is 30.7. The van der Waals surface area contributed by atoms with E-state index in [0.29, 0.717) is 6.54 Å². The fraction of sp³-hybridized carbons (Fsp3) is 0.167. The number of fused-ring (bicyclic) bond motifs is 1. The van der Waals surface area contributed by atoms with Crippen LogP contribution in [-0.4, -0.2) is 26.3 Å². The van der Waals surface area contributed by atoms with E-state index in [1.54, 1.807) is 10.9 Å². The molecule has 0 saturated carbocycles. The van der Waals surface area contributed by atoms with Crippen molar-refractivity contribution in [1.82, 2.24) is 14.5 Å². The maximum Gasteiger partial charge on any atom is 0.253 e. The maximum atomic E-state index is 12.7. The number of carbonyl (C=O) groups is 2. The molecule has 0 spiro atoms. The van der Waals surface area contributed by atoms with Crippen LogP contribution in [0.4, 0.5) is 0 Å². The first-order chi connectivity index (χ1) is 11.2. The van der Waals surface area contributed by atoms with Crippen molar-refractivity contribution in [2.45, 2.75) is 19.0 Å². The van der Waals surface area contributed by atoms with Gasteiger partial charge in [-0.2, -0.15) is 0 Å². The smallest absolute Gasteiger partial charge is 0.253 e. The fourth-order valence-electron chi connectivity index (χ4n) is 3.04. The van der Waals surface area contributed by atoms with Gasteiger partial charge >= 0.3 is 0 Å². The highest BCUT2D eigenvalue weighted by Crippen LogP contribution is 2.29. The molecule has 1 fully saturated rings. The number of imidazole rings is 1. The Hall–Kier alpha value is -2.95. The van der Waals surface area contributed by atoms with Crippen LogP contribution in [0.25, 0.3) is 11.0 Å². The summed E-state index contributed by atoms with van der Waals surface area (Å²) in [5.74, 6) is -0.302. The Kier molecular flexibility index (Phi) is 3.19. The van der Waals surface area contributed by atoms with Gasteiger partial charge in [-0.1, -0.05) is 42.5 Å². The average Bonchev–Trinajstić information content (AvgIpc) is 3.12. The third-order valence-corrected chi connectivity index (χ3v) is 4.22. The van der Waals surface area contributed by atoms with Crippen LogP contribution in [0, 0.1) is 0 Å². The summed E-state index contributed by atoms with van der Waals surface area (Å²) in [5, 5.41) is 0. The number of likely N-dealkylation sites (tertiary alicyclic amines) is 1. The highest BCUT2D eigenvalue weighted by atomic mass is 16.2. The van der Waals surface area contributed by atoms with Crippen molar-refractivity contribution in [1.29, 1.82) is 0 Å². The van der Waals surface area contributed by atoms with Crippen molar-refractivity contribution >= 4 is 22.8 Å². The molecule has 3 aromatic rings. The van der Waals surface area contributed by atoms with Gasteiger partial charge in [0.1, 0.15) is 6.04 Å². The second-order valence-electron chi connectivity index (χ2n) is 5.66. The summed E-state index contributed by atoms with van der Waals surface area (Å²) >= 11 is 0. The third-order valence-electron chi connectivity index (χ3n) is 4.22. The predicted molar refractivity (Wildman–Crippen MR) is 85.4 cm³/mol. The number of para-hydroxylation sites is 2. The summed E-state index contributed by atoms with van der Waals surface area (Å²) in [6, 6.07) is 16.7. The molecule has 1 aromatic heterocycles. The zero-order chi connectivity index (χ0) is 15.8. The lowest BCUT2D eigenvalue weighted by Gasteiger charge is -2.15. The lowest BCUT2D eigenvalue weighted by molar-refractivity contribution is -0.139. The molecule has 1 saturated heterocycles. The van der Waals surface area contributed by atoms with Crippen LogP contribution in [0.3, 0.4) is 0 Å². The fourth-order valence-corrected chi connectivity index (χ4v) is 3.04. The van der Waals surface area contributed by atoms with E-state index in [2.05, 4.69) is 4.98 Å². The minimum Gasteiger partial charge on any atom is -0.317 e. The van der Waals surface area contributed by atoms with Crippen molar-refractivity contribution in [3.63, 3.8) is 0 Å². The molecule has 5 nitrogen and oxygen atoms in total. The van der Waals surface area contributed by atoms with Crippen LogP contribution >= 0.6 is 0 Å². The Balaban J connectivity index is 1.65. The zero-order valence-corrected chi connectivity index (χ0v) is 12.4. The van der Waals surface area contributed by atoms with Crippen LogP contribution in [0.1, 0.15) is 18.0 Å². The maximum absolute atomic E-state index is 12.7. The summed E-state index contributed by atoms with van der Waals surface area (Å²) < 4.78 is 1.81. The lowest BCUT2D eigenvalue weighted by Crippen LogP contribution is -2.30. The highest BCUT2D eigenvalue weighted by molar-refractivity contribution is 6.05. The van der Waals surface area contributed by atoms with Gasteiger partial charge in [-0.05, 0) is 17.7 Å². The van der Waals surface area contributed by atoms with Crippen LogP contribution < -0.4 is 0 Å². The van der Waals surface area contributed by atoms with Crippen molar-refractivity contribution in [2.75, 3.05) is 0 Å². The van der Waals surface area contributed by atoms with Gasteiger partial charge in [-0.15, -0.1) is 0 Å². The Morgan fingerprint density at radius 1 is 1.00 bits per heavy atom. The van der Waals surface area contributed by atoms with Crippen molar-refractivity contribution in [2.24, 2.45) is 0 Å². The van der Waals surface area contributed by atoms with Gasteiger partial charge in [0.15, 0.2) is 0 Å². The van der Waals surface area contributed by atoms with Crippen LogP contribution in [0.5, 0.6) is 0 Å². The first-order valence-corrected chi connectivity index (χ1v) is 7.54. The Morgan fingerprint density at radius 2 is 1.74 bits per heavy atom. The number of amides is 2. The second kappa shape index (κ2) is 5.35. The van der Waals surface area contributed by atoms with Crippen molar-refractivity contribution < 1.29 is 9.59 Å². The van der Waals surface area contributed by atoms with Gasteiger partial charge in [0.05, 0.1) is 30.3 Å². The average molecular weight is 305 g/mol. The highest BCUT2D eigenvalue weighted by Gasteiger charge is 2.40. The molecule has 0 unspecified atom stereocenters. The normalized spacial score (nSPS) is 18.1. The van der Waals surface area contributed by atoms with E-state index in [0.717, 1.165) is 16.6 Å². The van der Waals surface area contributed by atoms with E-state index in [1.807, 2.05) is 54.6 Å². The number of rotatable bonds is 3. The predicted octanol–water partition coefficient (Wildman–Crippen LogP) is 2.54. The quantitative estimate of drug-likeness (QED) is 0.699. The Morgan fingerprint density at radius 3 is 2.57 bits per heavy atom. The van der Waals surface area contributed by atoms with E-state index in [9.17, 15) is 9.59 Å². The molecule has 5 heteroatoms.